The number of aliphatic hydroxyl groups is 1. The summed E-state index contributed by atoms with van der Waals surface area (Å²) < 4.78 is 7.23. The minimum atomic E-state index is -0.158. The first-order valence-electron chi connectivity index (χ1n) is 7.65. The molecule has 0 heterocycles. The smallest absolute Gasteiger partial charge is 0.120 e. The lowest BCUT2D eigenvalue weighted by Crippen LogP contribution is -2.24. The van der Waals surface area contributed by atoms with Crippen molar-refractivity contribution in [3.05, 3.63) is 28.2 Å². The number of halogens is 1. The maximum absolute atomic E-state index is 9.35. The van der Waals surface area contributed by atoms with E-state index >= 15 is 0 Å². The van der Waals surface area contributed by atoms with E-state index in [-0.39, 0.29) is 6.10 Å². The van der Waals surface area contributed by atoms with Crippen molar-refractivity contribution in [3.8, 4) is 5.75 Å². The third-order valence-corrected chi connectivity index (χ3v) is 5.11. The van der Waals surface area contributed by atoms with Crippen molar-refractivity contribution in [2.75, 3.05) is 0 Å². The quantitative estimate of drug-likeness (QED) is 0.829. The van der Waals surface area contributed by atoms with Gasteiger partial charge in [0.1, 0.15) is 5.75 Å². The molecule has 1 fully saturated rings. The molecule has 0 amide bonds. The predicted octanol–water partition coefficient (Wildman–Crippen LogP) is 4.86. The lowest BCUT2D eigenvalue weighted by molar-refractivity contribution is 0.117. The minimum absolute atomic E-state index is 0.158. The van der Waals surface area contributed by atoms with Gasteiger partial charge in [0, 0.05) is 4.47 Å². The van der Waals surface area contributed by atoms with Crippen LogP contribution in [0.25, 0.3) is 0 Å². The monoisotopic (exact) mass is 340 g/mol. The highest BCUT2D eigenvalue weighted by Gasteiger charge is 2.22. The van der Waals surface area contributed by atoms with E-state index in [0.717, 1.165) is 41.8 Å². The average Bonchev–Trinajstić information content (AvgIpc) is 2.42. The van der Waals surface area contributed by atoms with Crippen molar-refractivity contribution in [2.45, 2.75) is 64.6 Å². The summed E-state index contributed by atoms with van der Waals surface area (Å²) in [6.07, 6.45) is 7.02. The highest BCUT2D eigenvalue weighted by atomic mass is 79.9. The molecule has 0 spiro atoms. The molecule has 0 bridgehead atoms. The number of rotatable bonds is 5. The summed E-state index contributed by atoms with van der Waals surface area (Å²) in [4.78, 5) is 0. The van der Waals surface area contributed by atoms with Crippen molar-refractivity contribution in [1.29, 1.82) is 0 Å². The molecule has 1 aromatic rings. The normalized spacial score (nSPS) is 24.4. The Morgan fingerprint density at radius 1 is 1.30 bits per heavy atom. The minimum Gasteiger partial charge on any atom is -0.490 e. The lowest BCUT2D eigenvalue weighted by atomic mass is 9.84. The Labute approximate surface area is 130 Å². The Morgan fingerprint density at radius 2 is 2.00 bits per heavy atom. The van der Waals surface area contributed by atoms with E-state index in [4.69, 9.17) is 4.74 Å². The van der Waals surface area contributed by atoms with Crippen LogP contribution in [0.3, 0.4) is 0 Å². The third-order valence-electron chi connectivity index (χ3n) is 4.22. The molecule has 1 N–H and O–H groups in total. The van der Waals surface area contributed by atoms with E-state index in [1.54, 1.807) is 0 Å². The largest absolute Gasteiger partial charge is 0.490 e. The molecule has 0 aliphatic heterocycles. The van der Waals surface area contributed by atoms with Crippen LogP contribution in [-0.4, -0.2) is 17.3 Å². The van der Waals surface area contributed by atoms with Crippen molar-refractivity contribution in [2.24, 2.45) is 5.92 Å². The zero-order chi connectivity index (χ0) is 14.5. The number of aryl methyl sites for hydroxylation is 1. The molecule has 0 radical (unpaired) electrons. The molecule has 112 valence electrons. The second-order valence-electron chi connectivity index (χ2n) is 6.10. The van der Waals surface area contributed by atoms with Gasteiger partial charge in [-0.3, -0.25) is 0 Å². The fraction of sp³-hybridized carbons (Fsp3) is 0.647. The Bertz CT molecular complexity index is 423. The van der Waals surface area contributed by atoms with Crippen LogP contribution in [0.4, 0.5) is 0 Å². The molecular formula is C17H25BrO2. The van der Waals surface area contributed by atoms with Crippen LogP contribution in [0.15, 0.2) is 22.7 Å². The Balaban J connectivity index is 1.77. The van der Waals surface area contributed by atoms with Crippen LogP contribution < -0.4 is 4.74 Å². The second-order valence-corrected chi connectivity index (χ2v) is 6.95. The molecule has 1 unspecified atom stereocenters. The summed E-state index contributed by atoms with van der Waals surface area (Å²) in [7, 11) is 0. The molecule has 2 nitrogen and oxygen atoms in total. The van der Waals surface area contributed by atoms with Crippen molar-refractivity contribution < 1.29 is 9.84 Å². The van der Waals surface area contributed by atoms with Gasteiger partial charge in [-0.05, 0) is 82.1 Å². The van der Waals surface area contributed by atoms with Gasteiger partial charge in [-0.25, -0.2) is 0 Å². The summed E-state index contributed by atoms with van der Waals surface area (Å²) in [6, 6.07) is 6.19. The fourth-order valence-electron chi connectivity index (χ4n) is 2.90. The van der Waals surface area contributed by atoms with Crippen LogP contribution in [0.2, 0.25) is 0 Å². The SMILES string of the molecule is Cc1cc(OC2CCC(CCC(C)O)CC2)ccc1Br. The number of benzene rings is 1. The van der Waals surface area contributed by atoms with E-state index in [0.29, 0.717) is 6.10 Å². The van der Waals surface area contributed by atoms with Crippen LogP contribution in [0.1, 0.15) is 51.0 Å². The summed E-state index contributed by atoms with van der Waals surface area (Å²) in [6.45, 7) is 3.97. The summed E-state index contributed by atoms with van der Waals surface area (Å²) in [5, 5.41) is 9.35. The van der Waals surface area contributed by atoms with E-state index < -0.39 is 0 Å². The van der Waals surface area contributed by atoms with E-state index in [2.05, 4.69) is 35.0 Å². The fourth-order valence-corrected chi connectivity index (χ4v) is 3.14. The van der Waals surface area contributed by atoms with E-state index in [1.165, 1.54) is 18.4 Å². The first-order chi connectivity index (χ1) is 9.54. The Hall–Kier alpha value is -0.540. The summed E-state index contributed by atoms with van der Waals surface area (Å²) in [5.41, 5.74) is 1.22. The molecular weight excluding hydrogens is 316 g/mol. The third kappa shape index (κ3) is 4.78. The number of ether oxygens (including phenoxy) is 1. The molecule has 3 heteroatoms. The predicted molar refractivity (Wildman–Crippen MR) is 86.2 cm³/mol. The van der Waals surface area contributed by atoms with Gasteiger partial charge in [-0.15, -0.1) is 0 Å². The Morgan fingerprint density at radius 3 is 2.60 bits per heavy atom. The molecule has 1 atom stereocenters. The molecule has 2 rings (SSSR count). The van der Waals surface area contributed by atoms with Crippen molar-refractivity contribution in [1.82, 2.24) is 0 Å². The van der Waals surface area contributed by atoms with Gasteiger partial charge in [0.05, 0.1) is 12.2 Å². The average molecular weight is 341 g/mol. The van der Waals surface area contributed by atoms with Crippen molar-refractivity contribution in [3.63, 3.8) is 0 Å². The van der Waals surface area contributed by atoms with E-state index in [9.17, 15) is 5.11 Å². The number of hydrogen-bond donors (Lipinski definition) is 1. The zero-order valence-corrected chi connectivity index (χ0v) is 14.0. The molecule has 1 aliphatic rings. The van der Waals surface area contributed by atoms with Gasteiger partial charge < -0.3 is 9.84 Å². The molecule has 0 aromatic heterocycles. The summed E-state index contributed by atoms with van der Waals surface area (Å²) in [5.74, 6) is 1.76. The lowest BCUT2D eigenvalue weighted by Gasteiger charge is -2.29. The zero-order valence-electron chi connectivity index (χ0n) is 12.4. The first kappa shape index (κ1) is 15.8. The van der Waals surface area contributed by atoms with Crippen LogP contribution in [-0.2, 0) is 0 Å². The van der Waals surface area contributed by atoms with Gasteiger partial charge in [0.2, 0.25) is 0 Å². The summed E-state index contributed by atoms with van der Waals surface area (Å²) >= 11 is 3.52. The Kier molecular flexibility index (Phi) is 5.91. The second kappa shape index (κ2) is 7.46. The first-order valence-corrected chi connectivity index (χ1v) is 8.44. The number of hydrogen-bond acceptors (Lipinski definition) is 2. The van der Waals surface area contributed by atoms with Crippen LogP contribution >= 0.6 is 15.9 Å². The van der Waals surface area contributed by atoms with Gasteiger partial charge in [-0.1, -0.05) is 15.9 Å². The van der Waals surface area contributed by atoms with Crippen molar-refractivity contribution >= 4 is 15.9 Å². The highest BCUT2D eigenvalue weighted by Crippen LogP contribution is 2.31. The van der Waals surface area contributed by atoms with Crippen LogP contribution in [0.5, 0.6) is 5.75 Å². The van der Waals surface area contributed by atoms with Crippen LogP contribution in [0, 0.1) is 12.8 Å². The highest BCUT2D eigenvalue weighted by molar-refractivity contribution is 9.10. The molecule has 20 heavy (non-hydrogen) atoms. The maximum atomic E-state index is 9.35. The van der Waals surface area contributed by atoms with Gasteiger partial charge in [0.25, 0.3) is 0 Å². The maximum Gasteiger partial charge on any atom is 0.120 e. The topological polar surface area (TPSA) is 29.5 Å². The van der Waals surface area contributed by atoms with Gasteiger partial charge in [0.15, 0.2) is 0 Å². The van der Waals surface area contributed by atoms with E-state index in [1.807, 2.05) is 13.0 Å². The molecule has 1 aliphatic carbocycles. The molecule has 0 saturated heterocycles. The van der Waals surface area contributed by atoms with Gasteiger partial charge >= 0.3 is 0 Å². The number of aliphatic hydroxyl groups excluding tert-OH is 1. The van der Waals surface area contributed by atoms with Gasteiger partial charge in [-0.2, -0.15) is 0 Å². The standard InChI is InChI=1S/C17H25BrO2/c1-12-11-16(9-10-17(12)18)20-15-7-5-14(6-8-15)4-3-13(2)19/h9-11,13-15,19H,3-8H2,1-2H3. The molecule has 1 saturated carbocycles. The molecule has 1 aromatic carbocycles.